The van der Waals surface area contributed by atoms with Gasteiger partial charge in [0.25, 0.3) is 5.56 Å². The van der Waals surface area contributed by atoms with Gasteiger partial charge < -0.3 is 5.32 Å². The molecule has 136 valence electrons. The van der Waals surface area contributed by atoms with Crippen molar-refractivity contribution in [3.63, 3.8) is 0 Å². The monoisotopic (exact) mass is 412 g/mol. The smallest absolute Gasteiger partial charge is 0.275 e. The van der Waals surface area contributed by atoms with Crippen molar-refractivity contribution in [2.75, 3.05) is 11.1 Å². The maximum Gasteiger partial charge on any atom is 0.275 e. The molecule has 0 aliphatic heterocycles. The van der Waals surface area contributed by atoms with Crippen LogP contribution in [0.5, 0.6) is 0 Å². The van der Waals surface area contributed by atoms with Crippen LogP contribution in [0.25, 0.3) is 4.96 Å². The first-order chi connectivity index (χ1) is 12.5. The van der Waals surface area contributed by atoms with Crippen LogP contribution in [-0.2, 0) is 17.0 Å². The summed E-state index contributed by atoms with van der Waals surface area (Å²) in [6, 6.07) is 5.46. The van der Waals surface area contributed by atoms with E-state index in [9.17, 15) is 14.0 Å². The van der Waals surface area contributed by atoms with Gasteiger partial charge in [0.2, 0.25) is 10.9 Å². The number of hydrogen-bond acceptors (Lipinski definition) is 6. The molecule has 0 spiro atoms. The van der Waals surface area contributed by atoms with Gasteiger partial charge in [0.1, 0.15) is 10.8 Å². The van der Waals surface area contributed by atoms with Crippen molar-refractivity contribution >= 4 is 51.3 Å². The predicted octanol–water partition coefficient (Wildman–Crippen LogP) is 3.38. The molecule has 0 aliphatic rings. The summed E-state index contributed by atoms with van der Waals surface area (Å²) in [5.41, 5.74) is 0.417. The van der Waals surface area contributed by atoms with E-state index in [2.05, 4.69) is 15.4 Å². The number of hydrogen-bond donors (Lipinski definition) is 1. The van der Waals surface area contributed by atoms with E-state index < -0.39 is 5.82 Å². The van der Waals surface area contributed by atoms with Crippen LogP contribution in [0.3, 0.4) is 0 Å². The molecular formula is C16H14ClFN4O2S2. The third kappa shape index (κ3) is 4.40. The second kappa shape index (κ2) is 8.15. The molecule has 0 radical (unpaired) electrons. The van der Waals surface area contributed by atoms with Gasteiger partial charge in [-0.1, -0.05) is 29.9 Å². The average molecular weight is 413 g/mol. The summed E-state index contributed by atoms with van der Waals surface area (Å²) in [6.07, 6.45) is 0.735. The number of benzene rings is 1. The first-order valence-electron chi connectivity index (χ1n) is 7.67. The summed E-state index contributed by atoms with van der Waals surface area (Å²) < 4.78 is 14.9. The van der Waals surface area contributed by atoms with Crippen LogP contribution in [0.15, 0.2) is 29.1 Å². The van der Waals surface area contributed by atoms with Crippen LogP contribution >= 0.6 is 34.7 Å². The molecule has 0 aliphatic carbocycles. The van der Waals surface area contributed by atoms with Crippen molar-refractivity contribution in [2.45, 2.75) is 19.1 Å². The molecule has 3 rings (SSSR count). The summed E-state index contributed by atoms with van der Waals surface area (Å²) in [6.45, 7) is 1.96. The summed E-state index contributed by atoms with van der Waals surface area (Å²) in [4.78, 5) is 28.9. The summed E-state index contributed by atoms with van der Waals surface area (Å²) >= 11 is 8.33. The van der Waals surface area contributed by atoms with Crippen molar-refractivity contribution in [1.29, 1.82) is 0 Å². The molecule has 0 saturated heterocycles. The van der Waals surface area contributed by atoms with Crippen molar-refractivity contribution in [2.24, 2.45) is 0 Å². The maximum absolute atomic E-state index is 13.7. The normalized spacial score (nSPS) is 11.0. The SMILES string of the molecule is CCc1nn2c(=O)cc(CSCC(=O)Nc3ccc(Cl)cc3F)nc2s1. The lowest BCUT2D eigenvalue weighted by Gasteiger charge is -2.06. The zero-order valence-electron chi connectivity index (χ0n) is 13.7. The van der Waals surface area contributed by atoms with Crippen LogP contribution in [-0.4, -0.2) is 26.3 Å². The highest BCUT2D eigenvalue weighted by atomic mass is 35.5. The largest absolute Gasteiger partial charge is 0.323 e. The number of anilines is 1. The third-order valence-electron chi connectivity index (χ3n) is 3.33. The van der Waals surface area contributed by atoms with E-state index in [-0.39, 0.29) is 27.9 Å². The summed E-state index contributed by atoms with van der Waals surface area (Å²) in [5.74, 6) is -0.443. The number of aromatic nitrogens is 3. The molecule has 0 unspecified atom stereocenters. The van der Waals surface area contributed by atoms with E-state index in [1.807, 2.05) is 6.92 Å². The minimum absolute atomic E-state index is 0.0783. The fraction of sp³-hybridized carbons (Fsp3) is 0.250. The Labute approximate surface area is 161 Å². The van der Waals surface area contributed by atoms with E-state index in [1.54, 1.807) is 0 Å². The third-order valence-corrected chi connectivity index (χ3v) is 5.58. The minimum Gasteiger partial charge on any atom is -0.323 e. The highest BCUT2D eigenvalue weighted by Crippen LogP contribution is 2.19. The van der Waals surface area contributed by atoms with Crippen molar-refractivity contribution in [3.8, 4) is 0 Å². The fourth-order valence-electron chi connectivity index (χ4n) is 2.14. The molecule has 1 aromatic carbocycles. The molecule has 2 heterocycles. The number of carbonyl (C=O) groups excluding carboxylic acids is 1. The highest BCUT2D eigenvalue weighted by Gasteiger charge is 2.10. The number of carbonyl (C=O) groups is 1. The van der Waals surface area contributed by atoms with Crippen LogP contribution in [0.1, 0.15) is 17.6 Å². The van der Waals surface area contributed by atoms with Crippen LogP contribution in [0.4, 0.5) is 10.1 Å². The molecule has 6 nitrogen and oxygen atoms in total. The molecule has 26 heavy (non-hydrogen) atoms. The van der Waals surface area contributed by atoms with E-state index in [1.165, 1.54) is 45.8 Å². The van der Waals surface area contributed by atoms with Gasteiger partial charge in [-0.05, 0) is 24.6 Å². The number of aryl methyl sites for hydroxylation is 1. The standard InChI is InChI=1S/C16H14ClFN4O2S2/c1-2-14-21-22-15(24)6-10(19-16(22)26-14)7-25-8-13(23)20-12-4-3-9(17)5-11(12)18/h3-6H,2,7-8H2,1H3,(H,20,23). The Kier molecular flexibility index (Phi) is 5.90. The number of thioether (sulfide) groups is 1. The molecule has 2 aromatic heterocycles. The van der Waals surface area contributed by atoms with Gasteiger partial charge in [0, 0.05) is 16.8 Å². The van der Waals surface area contributed by atoms with Crippen molar-refractivity contribution in [1.82, 2.24) is 14.6 Å². The van der Waals surface area contributed by atoms with Crippen molar-refractivity contribution < 1.29 is 9.18 Å². The van der Waals surface area contributed by atoms with Gasteiger partial charge in [-0.3, -0.25) is 9.59 Å². The van der Waals surface area contributed by atoms with E-state index in [0.29, 0.717) is 16.4 Å². The Balaban J connectivity index is 1.59. The Bertz CT molecular complexity index is 1020. The van der Waals surface area contributed by atoms with E-state index in [4.69, 9.17) is 11.6 Å². The minimum atomic E-state index is -0.590. The topological polar surface area (TPSA) is 76.4 Å². The summed E-state index contributed by atoms with van der Waals surface area (Å²) in [5, 5.41) is 7.77. The Morgan fingerprint density at radius 3 is 2.96 bits per heavy atom. The maximum atomic E-state index is 13.7. The zero-order valence-corrected chi connectivity index (χ0v) is 16.1. The second-order valence-corrected chi connectivity index (χ2v) is 7.76. The molecule has 0 bridgehead atoms. The van der Waals surface area contributed by atoms with Gasteiger partial charge >= 0.3 is 0 Å². The van der Waals surface area contributed by atoms with E-state index >= 15 is 0 Å². The molecular weight excluding hydrogens is 399 g/mol. The first-order valence-corrected chi connectivity index (χ1v) is 10.0. The average Bonchev–Trinajstić information content (AvgIpc) is 3.01. The van der Waals surface area contributed by atoms with Crippen molar-refractivity contribution in [3.05, 3.63) is 56.2 Å². The van der Waals surface area contributed by atoms with Gasteiger partial charge in [-0.15, -0.1) is 11.8 Å². The second-order valence-electron chi connectivity index (χ2n) is 5.29. The lowest BCUT2D eigenvalue weighted by atomic mass is 10.3. The number of rotatable bonds is 6. The Morgan fingerprint density at radius 1 is 1.42 bits per heavy atom. The number of fused-ring (bicyclic) bond motifs is 1. The van der Waals surface area contributed by atoms with Crippen LogP contribution in [0, 0.1) is 5.82 Å². The van der Waals surface area contributed by atoms with Gasteiger partial charge in [-0.2, -0.15) is 9.61 Å². The van der Waals surface area contributed by atoms with Gasteiger partial charge in [0.05, 0.1) is 17.1 Å². The van der Waals surface area contributed by atoms with Gasteiger partial charge in [-0.25, -0.2) is 9.37 Å². The van der Waals surface area contributed by atoms with Gasteiger partial charge in [0.15, 0.2) is 0 Å². The quantitative estimate of drug-likeness (QED) is 0.671. The number of nitrogens with zero attached hydrogens (tertiary/aromatic N) is 3. The lowest BCUT2D eigenvalue weighted by Crippen LogP contribution is -2.17. The fourth-order valence-corrected chi connectivity index (χ4v) is 3.87. The molecule has 10 heteroatoms. The molecule has 0 saturated carbocycles. The molecule has 1 amide bonds. The number of nitrogens with one attached hydrogen (secondary N) is 1. The molecule has 0 atom stereocenters. The van der Waals surface area contributed by atoms with E-state index in [0.717, 1.165) is 17.5 Å². The Morgan fingerprint density at radius 2 is 2.23 bits per heavy atom. The highest BCUT2D eigenvalue weighted by molar-refractivity contribution is 7.99. The predicted molar refractivity (Wildman–Crippen MR) is 103 cm³/mol. The molecule has 1 N–H and O–H groups in total. The Hall–Kier alpha value is -1.97. The molecule has 0 fully saturated rings. The number of amides is 1. The molecule has 3 aromatic rings. The lowest BCUT2D eigenvalue weighted by molar-refractivity contribution is -0.113. The zero-order chi connectivity index (χ0) is 18.7. The van der Waals surface area contributed by atoms with Crippen LogP contribution < -0.4 is 10.9 Å². The first kappa shape index (κ1) is 18.8. The van der Waals surface area contributed by atoms with Crippen LogP contribution in [0.2, 0.25) is 5.02 Å². The number of halogens is 2. The summed E-state index contributed by atoms with van der Waals surface area (Å²) in [7, 11) is 0.